The van der Waals surface area contributed by atoms with E-state index in [0.717, 1.165) is 33.5 Å². The lowest BCUT2D eigenvalue weighted by Gasteiger charge is -2.09. The molecule has 6 nitrogen and oxygen atoms in total. The lowest BCUT2D eigenvalue weighted by molar-refractivity contribution is 0.0943. The molecule has 0 saturated carbocycles. The van der Waals surface area contributed by atoms with Crippen LogP contribution in [-0.4, -0.2) is 34.2 Å². The van der Waals surface area contributed by atoms with Gasteiger partial charge in [-0.2, -0.15) is 5.10 Å². The van der Waals surface area contributed by atoms with Crippen LogP contribution in [0.1, 0.15) is 24.2 Å². The van der Waals surface area contributed by atoms with Crippen molar-refractivity contribution < 1.29 is 9.53 Å². The number of carbonyl (C=O) groups is 1. The fourth-order valence-corrected chi connectivity index (χ4v) is 3.27. The second-order valence-electron chi connectivity index (χ2n) is 7.10. The molecule has 0 spiro atoms. The Kier molecular flexibility index (Phi) is 4.99. The SMILES string of the molecule is COc1ccccc1-c1[nH]nc2ncc(-c3ccc(C(=O)NC(C)C)cc3)cc12. The number of nitrogens with one attached hydrogen (secondary N) is 2. The minimum atomic E-state index is -0.0755. The number of amides is 1. The summed E-state index contributed by atoms with van der Waals surface area (Å²) in [6.45, 7) is 3.88. The zero-order valence-electron chi connectivity index (χ0n) is 16.6. The highest BCUT2D eigenvalue weighted by Gasteiger charge is 2.14. The Bertz CT molecular complexity index is 1160. The van der Waals surface area contributed by atoms with Crippen LogP contribution in [-0.2, 0) is 0 Å². The molecule has 2 heterocycles. The first kappa shape index (κ1) is 18.7. The number of rotatable bonds is 5. The predicted octanol–water partition coefficient (Wildman–Crippen LogP) is 4.44. The highest BCUT2D eigenvalue weighted by Crippen LogP contribution is 2.34. The van der Waals surface area contributed by atoms with Crippen LogP contribution < -0.4 is 10.1 Å². The van der Waals surface area contributed by atoms with E-state index in [1.54, 1.807) is 13.3 Å². The quantitative estimate of drug-likeness (QED) is 0.531. The first-order chi connectivity index (χ1) is 14.1. The maximum absolute atomic E-state index is 12.2. The van der Waals surface area contributed by atoms with E-state index in [0.29, 0.717) is 11.2 Å². The Hall–Kier alpha value is -3.67. The number of fused-ring (bicyclic) bond motifs is 1. The molecule has 0 saturated heterocycles. The highest BCUT2D eigenvalue weighted by atomic mass is 16.5. The molecule has 2 aromatic carbocycles. The van der Waals surface area contributed by atoms with Crippen molar-refractivity contribution in [2.24, 2.45) is 0 Å². The van der Waals surface area contributed by atoms with E-state index in [1.807, 2.05) is 62.4 Å². The van der Waals surface area contributed by atoms with Gasteiger partial charge in [0.05, 0.1) is 12.8 Å². The second-order valence-corrected chi connectivity index (χ2v) is 7.10. The van der Waals surface area contributed by atoms with Crippen molar-refractivity contribution in [1.29, 1.82) is 0 Å². The third kappa shape index (κ3) is 3.69. The molecule has 6 heteroatoms. The molecule has 4 rings (SSSR count). The molecule has 0 aliphatic rings. The summed E-state index contributed by atoms with van der Waals surface area (Å²) in [6, 6.07) is 17.5. The van der Waals surface area contributed by atoms with Gasteiger partial charge in [0.1, 0.15) is 5.75 Å². The van der Waals surface area contributed by atoms with Gasteiger partial charge in [0.2, 0.25) is 0 Å². The number of carbonyl (C=O) groups excluding carboxylic acids is 1. The van der Waals surface area contributed by atoms with Crippen molar-refractivity contribution in [2.75, 3.05) is 7.11 Å². The molecule has 29 heavy (non-hydrogen) atoms. The zero-order chi connectivity index (χ0) is 20.4. The summed E-state index contributed by atoms with van der Waals surface area (Å²) in [7, 11) is 1.65. The van der Waals surface area contributed by atoms with Crippen LogP contribution in [0.25, 0.3) is 33.4 Å². The second kappa shape index (κ2) is 7.75. The molecule has 0 bridgehead atoms. The van der Waals surface area contributed by atoms with Crippen molar-refractivity contribution in [1.82, 2.24) is 20.5 Å². The third-order valence-corrected chi connectivity index (χ3v) is 4.69. The number of aromatic amines is 1. The number of para-hydroxylation sites is 1. The minimum Gasteiger partial charge on any atom is -0.496 e. The summed E-state index contributed by atoms with van der Waals surface area (Å²) in [5.74, 6) is 0.692. The maximum Gasteiger partial charge on any atom is 0.251 e. The lowest BCUT2D eigenvalue weighted by Crippen LogP contribution is -2.29. The molecular formula is C23H22N4O2. The molecule has 0 radical (unpaired) electrons. The van der Waals surface area contributed by atoms with E-state index >= 15 is 0 Å². The van der Waals surface area contributed by atoms with Gasteiger partial charge in [-0.25, -0.2) is 4.98 Å². The van der Waals surface area contributed by atoms with Crippen molar-refractivity contribution in [2.45, 2.75) is 19.9 Å². The first-order valence-electron chi connectivity index (χ1n) is 9.45. The van der Waals surface area contributed by atoms with E-state index in [9.17, 15) is 4.79 Å². The summed E-state index contributed by atoms with van der Waals surface area (Å²) >= 11 is 0. The van der Waals surface area contributed by atoms with Crippen LogP contribution in [0.3, 0.4) is 0 Å². The van der Waals surface area contributed by atoms with Crippen LogP contribution in [0.2, 0.25) is 0 Å². The van der Waals surface area contributed by atoms with E-state index in [1.165, 1.54) is 0 Å². The van der Waals surface area contributed by atoms with Gasteiger partial charge in [-0.3, -0.25) is 9.89 Å². The Labute approximate surface area is 168 Å². The molecule has 2 N–H and O–H groups in total. The Morgan fingerprint density at radius 3 is 2.55 bits per heavy atom. The fourth-order valence-electron chi connectivity index (χ4n) is 3.27. The van der Waals surface area contributed by atoms with Crippen molar-refractivity contribution in [3.05, 3.63) is 66.4 Å². The molecule has 2 aromatic heterocycles. The highest BCUT2D eigenvalue weighted by molar-refractivity contribution is 5.96. The number of ether oxygens (including phenoxy) is 1. The average Bonchev–Trinajstić information content (AvgIpc) is 3.16. The van der Waals surface area contributed by atoms with Gasteiger partial charge in [0, 0.05) is 34.3 Å². The molecule has 1 amide bonds. The minimum absolute atomic E-state index is 0.0755. The van der Waals surface area contributed by atoms with Crippen LogP contribution in [0.5, 0.6) is 5.75 Å². The standard InChI is InChI=1S/C23H22N4O2/c1-14(2)25-23(28)16-10-8-15(9-11-16)17-12-19-21(26-27-22(19)24-13-17)18-6-4-5-7-20(18)29-3/h4-14H,1-3H3,(H,25,28)(H,24,26,27). The zero-order valence-corrected chi connectivity index (χ0v) is 16.6. The number of aromatic nitrogens is 3. The number of nitrogens with zero attached hydrogens (tertiary/aromatic N) is 2. The summed E-state index contributed by atoms with van der Waals surface area (Å²) in [4.78, 5) is 16.7. The summed E-state index contributed by atoms with van der Waals surface area (Å²) in [5, 5.41) is 11.2. The molecule has 0 fully saturated rings. The van der Waals surface area contributed by atoms with Gasteiger partial charge in [-0.15, -0.1) is 0 Å². The number of pyridine rings is 1. The van der Waals surface area contributed by atoms with Crippen LogP contribution in [0.15, 0.2) is 60.8 Å². The smallest absolute Gasteiger partial charge is 0.251 e. The van der Waals surface area contributed by atoms with E-state index in [2.05, 4.69) is 26.6 Å². The number of benzene rings is 2. The number of hydrogen-bond donors (Lipinski definition) is 2. The van der Waals surface area contributed by atoms with E-state index in [4.69, 9.17) is 4.74 Å². The molecule has 0 aliphatic carbocycles. The molecule has 0 aliphatic heterocycles. The van der Waals surface area contributed by atoms with Crippen molar-refractivity contribution in [3.8, 4) is 28.1 Å². The van der Waals surface area contributed by atoms with Gasteiger partial charge in [-0.1, -0.05) is 24.3 Å². The van der Waals surface area contributed by atoms with Crippen LogP contribution in [0, 0.1) is 0 Å². The van der Waals surface area contributed by atoms with Crippen LogP contribution in [0.4, 0.5) is 0 Å². The molecule has 146 valence electrons. The number of hydrogen-bond acceptors (Lipinski definition) is 4. The molecular weight excluding hydrogens is 364 g/mol. The fraction of sp³-hybridized carbons (Fsp3) is 0.174. The topological polar surface area (TPSA) is 79.9 Å². The van der Waals surface area contributed by atoms with E-state index in [-0.39, 0.29) is 11.9 Å². The predicted molar refractivity (Wildman–Crippen MR) is 114 cm³/mol. The monoisotopic (exact) mass is 386 g/mol. The van der Waals surface area contributed by atoms with Gasteiger partial charge in [-0.05, 0) is 49.7 Å². The molecule has 4 aromatic rings. The van der Waals surface area contributed by atoms with Crippen molar-refractivity contribution >= 4 is 16.9 Å². The third-order valence-electron chi connectivity index (χ3n) is 4.69. The summed E-state index contributed by atoms with van der Waals surface area (Å²) < 4.78 is 5.49. The normalized spacial score (nSPS) is 11.0. The number of methoxy groups -OCH3 is 1. The lowest BCUT2D eigenvalue weighted by atomic mass is 10.0. The first-order valence-corrected chi connectivity index (χ1v) is 9.45. The van der Waals surface area contributed by atoms with Gasteiger partial charge in [0.25, 0.3) is 5.91 Å². The van der Waals surface area contributed by atoms with Gasteiger partial charge in [0.15, 0.2) is 5.65 Å². The van der Waals surface area contributed by atoms with Gasteiger partial charge >= 0.3 is 0 Å². The number of H-pyrrole nitrogens is 1. The Balaban J connectivity index is 1.72. The Morgan fingerprint density at radius 1 is 1.07 bits per heavy atom. The van der Waals surface area contributed by atoms with Crippen molar-refractivity contribution in [3.63, 3.8) is 0 Å². The van der Waals surface area contributed by atoms with Crippen LogP contribution >= 0.6 is 0 Å². The Morgan fingerprint density at radius 2 is 1.83 bits per heavy atom. The van der Waals surface area contributed by atoms with E-state index < -0.39 is 0 Å². The summed E-state index contributed by atoms with van der Waals surface area (Å²) in [6.07, 6.45) is 1.79. The molecule has 0 atom stereocenters. The average molecular weight is 386 g/mol. The molecule has 0 unspecified atom stereocenters. The maximum atomic E-state index is 12.2. The summed E-state index contributed by atoms with van der Waals surface area (Å²) in [5.41, 5.74) is 4.99. The largest absolute Gasteiger partial charge is 0.496 e. The van der Waals surface area contributed by atoms with Gasteiger partial charge < -0.3 is 10.1 Å².